The summed E-state index contributed by atoms with van der Waals surface area (Å²) in [5.41, 5.74) is 6.88. The van der Waals surface area contributed by atoms with E-state index in [4.69, 9.17) is 5.73 Å². The summed E-state index contributed by atoms with van der Waals surface area (Å²) in [6.07, 6.45) is 1.54. The smallest absolute Gasteiger partial charge is 0.274 e. The first-order chi connectivity index (χ1) is 8.59. The second-order valence-electron chi connectivity index (χ2n) is 2.95. The fraction of sp³-hybridized carbons (Fsp3) is 0.417. The van der Waals surface area contributed by atoms with Crippen molar-refractivity contribution >= 4 is 17.2 Å². The lowest BCUT2D eigenvalue weighted by molar-refractivity contribution is -0.384. The van der Waals surface area contributed by atoms with Crippen LogP contribution in [0, 0.1) is 17.0 Å². The van der Waals surface area contributed by atoms with Crippen LogP contribution < -0.4 is 5.73 Å². The van der Waals surface area contributed by atoms with Crippen LogP contribution in [0.1, 0.15) is 33.4 Å². The van der Waals surface area contributed by atoms with Crippen LogP contribution in [0.25, 0.3) is 5.65 Å². The minimum absolute atomic E-state index is 0.0162. The van der Waals surface area contributed by atoms with E-state index in [1.807, 2.05) is 27.7 Å². The van der Waals surface area contributed by atoms with Crippen LogP contribution in [0.2, 0.25) is 0 Å². The van der Waals surface area contributed by atoms with Crippen molar-refractivity contribution in [2.75, 3.05) is 5.73 Å². The van der Waals surface area contributed by atoms with E-state index in [1.54, 1.807) is 17.5 Å². The third kappa shape index (κ3) is 3.19. The predicted molar refractivity (Wildman–Crippen MR) is 73.7 cm³/mol. The lowest BCUT2D eigenvalue weighted by Gasteiger charge is -1.95. The molecule has 0 atom stereocenters. The van der Waals surface area contributed by atoms with Crippen molar-refractivity contribution < 1.29 is 4.92 Å². The topological polar surface area (TPSA) is 86.5 Å². The summed E-state index contributed by atoms with van der Waals surface area (Å²) >= 11 is 0. The molecule has 0 bridgehead atoms. The summed E-state index contributed by atoms with van der Waals surface area (Å²) in [4.78, 5) is 14.1. The average Bonchev–Trinajstić information content (AvgIpc) is 2.69. The maximum absolute atomic E-state index is 10.5. The van der Waals surface area contributed by atoms with Gasteiger partial charge in [0.25, 0.3) is 5.69 Å². The molecule has 2 rings (SSSR count). The molecule has 0 saturated heterocycles. The molecule has 2 N–H and O–H groups in total. The van der Waals surface area contributed by atoms with Gasteiger partial charge in [-0.05, 0) is 6.92 Å². The van der Waals surface area contributed by atoms with E-state index in [0.29, 0.717) is 17.2 Å². The lowest BCUT2D eigenvalue weighted by Crippen LogP contribution is -1.94. The molecule has 0 aromatic carbocycles. The highest BCUT2D eigenvalue weighted by atomic mass is 16.6. The monoisotopic (exact) mass is 252 g/mol. The van der Waals surface area contributed by atoms with Crippen molar-refractivity contribution in [3.63, 3.8) is 0 Å². The highest BCUT2D eigenvalue weighted by molar-refractivity contribution is 5.56. The molecule has 2 aromatic heterocycles. The lowest BCUT2D eigenvalue weighted by atomic mass is 10.4. The van der Waals surface area contributed by atoms with Gasteiger partial charge in [0.05, 0.1) is 16.7 Å². The fourth-order valence-corrected chi connectivity index (χ4v) is 1.28. The number of imidazole rings is 1. The van der Waals surface area contributed by atoms with Crippen molar-refractivity contribution in [1.82, 2.24) is 9.38 Å². The van der Waals surface area contributed by atoms with E-state index in [-0.39, 0.29) is 5.69 Å². The number of aryl methyl sites for hydroxylation is 1. The third-order valence-corrected chi connectivity index (χ3v) is 2.04. The summed E-state index contributed by atoms with van der Waals surface area (Å²) in [6, 6.07) is 2.79. The second-order valence-corrected chi connectivity index (χ2v) is 2.95. The van der Waals surface area contributed by atoms with Crippen molar-refractivity contribution in [2.24, 2.45) is 0 Å². The molecule has 0 radical (unpaired) electrons. The highest BCUT2D eigenvalue weighted by Crippen LogP contribution is 2.18. The highest BCUT2D eigenvalue weighted by Gasteiger charge is 2.10. The van der Waals surface area contributed by atoms with Gasteiger partial charge in [0.2, 0.25) is 0 Å². The van der Waals surface area contributed by atoms with Crippen LogP contribution >= 0.6 is 0 Å². The van der Waals surface area contributed by atoms with Gasteiger partial charge in [0.15, 0.2) is 0 Å². The number of nitrogen functional groups attached to an aromatic ring is 1. The molecule has 100 valence electrons. The van der Waals surface area contributed by atoms with Crippen LogP contribution in [-0.4, -0.2) is 14.3 Å². The quantitative estimate of drug-likeness (QED) is 0.623. The molecule has 0 fully saturated rings. The average molecular weight is 252 g/mol. The van der Waals surface area contributed by atoms with E-state index < -0.39 is 4.92 Å². The summed E-state index contributed by atoms with van der Waals surface area (Å²) in [7, 11) is 0. The number of hydrogen-bond donors (Lipinski definition) is 1. The molecular weight excluding hydrogens is 232 g/mol. The Hall–Kier alpha value is -2.11. The third-order valence-electron chi connectivity index (χ3n) is 2.04. The number of nitro groups is 1. The van der Waals surface area contributed by atoms with Crippen LogP contribution in [0.5, 0.6) is 0 Å². The molecule has 0 aliphatic carbocycles. The molecule has 0 amide bonds. The van der Waals surface area contributed by atoms with Gasteiger partial charge in [-0.1, -0.05) is 27.7 Å². The zero-order valence-electron chi connectivity index (χ0n) is 11.5. The summed E-state index contributed by atoms with van der Waals surface area (Å²) in [6.45, 7) is 9.76. The maximum atomic E-state index is 10.5. The zero-order chi connectivity index (χ0) is 14.3. The van der Waals surface area contributed by atoms with Crippen molar-refractivity contribution in [2.45, 2.75) is 34.6 Å². The summed E-state index contributed by atoms with van der Waals surface area (Å²) in [5, 5.41) is 10.5. The number of anilines is 1. The molecule has 6 nitrogen and oxygen atoms in total. The molecule has 6 heteroatoms. The normalized spacial score (nSPS) is 8.94. The Bertz CT molecular complexity index is 520. The van der Waals surface area contributed by atoms with E-state index in [0.717, 1.165) is 0 Å². The second kappa shape index (κ2) is 7.26. The Balaban J connectivity index is 0.000000659. The molecule has 0 saturated carbocycles. The number of hydrogen-bond acceptors (Lipinski definition) is 4. The van der Waals surface area contributed by atoms with Gasteiger partial charge in [-0.15, -0.1) is 0 Å². The molecule has 2 heterocycles. The van der Waals surface area contributed by atoms with Gasteiger partial charge in [0.1, 0.15) is 11.5 Å². The molecule has 0 unspecified atom stereocenters. The fourth-order valence-electron chi connectivity index (χ4n) is 1.28. The van der Waals surface area contributed by atoms with E-state index in [2.05, 4.69) is 4.98 Å². The molecule has 2 aromatic rings. The first kappa shape index (κ1) is 15.9. The minimum Gasteiger partial charge on any atom is -0.383 e. The van der Waals surface area contributed by atoms with E-state index in [1.165, 1.54) is 12.1 Å². The number of pyridine rings is 1. The summed E-state index contributed by atoms with van der Waals surface area (Å²) in [5.74, 6) is 0.509. The van der Waals surface area contributed by atoms with Crippen LogP contribution in [0.15, 0.2) is 18.3 Å². The van der Waals surface area contributed by atoms with E-state index >= 15 is 0 Å². The first-order valence-electron chi connectivity index (χ1n) is 5.98. The maximum Gasteiger partial charge on any atom is 0.274 e. The Labute approximate surface area is 107 Å². The number of fused-ring (bicyclic) bond motifs is 1. The van der Waals surface area contributed by atoms with E-state index in [9.17, 15) is 10.1 Å². The van der Waals surface area contributed by atoms with Crippen LogP contribution in [-0.2, 0) is 0 Å². The predicted octanol–water partition coefficient (Wildman–Crippen LogP) is 3.19. The van der Waals surface area contributed by atoms with Crippen molar-refractivity contribution in [3.05, 3.63) is 34.1 Å². The van der Waals surface area contributed by atoms with Crippen LogP contribution in [0.4, 0.5) is 11.5 Å². The Morgan fingerprint density at radius 2 is 1.89 bits per heavy atom. The van der Waals surface area contributed by atoms with Gasteiger partial charge >= 0.3 is 0 Å². The first-order valence-corrected chi connectivity index (χ1v) is 5.98. The Kier molecular flexibility index (Phi) is 6.41. The van der Waals surface area contributed by atoms with Gasteiger partial charge < -0.3 is 5.73 Å². The summed E-state index contributed by atoms with van der Waals surface area (Å²) < 4.78 is 1.61. The SMILES string of the molecule is CC.CC.Cc1nc2cc([N+](=O)[O-])ccn2c1N. The number of rotatable bonds is 1. The number of nitrogens with zero attached hydrogens (tertiary/aromatic N) is 3. The van der Waals surface area contributed by atoms with Gasteiger partial charge in [-0.3, -0.25) is 14.5 Å². The Morgan fingerprint density at radius 1 is 1.33 bits per heavy atom. The molecule has 0 aliphatic heterocycles. The molecule has 0 spiro atoms. The Morgan fingerprint density at radius 3 is 2.39 bits per heavy atom. The standard InChI is InChI=1S/C8H8N4O2.2C2H6/c1-5-8(9)11-3-2-6(12(13)14)4-7(11)10-5;2*1-2/h2-4H,9H2,1H3;2*1-2H3. The number of nitrogens with two attached hydrogens (primary N) is 1. The zero-order valence-corrected chi connectivity index (χ0v) is 11.5. The largest absolute Gasteiger partial charge is 0.383 e. The van der Waals surface area contributed by atoms with Crippen LogP contribution in [0.3, 0.4) is 0 Å². The van der Waals surface area contributed by atoms with Gasteiger partial charge in [-0.25, -0.2) is 4.98 Å². The molecular formula is C12H20N4O2. The van der Waals surface area contributed by atoms with Gasteiger partial charge in [0, 0.05) is 12.3 Å². The molecule has 18 heavy (non-hydrogen) atoms. The number of aromatic nitrogens is 2. The minimum atomic E-state index is -0.458. The van der Waals surface area contributed by atoms with Gasteiger partial charge in [-0.2, -0.15) is 0 Å². The van der Waals surface area contributed by atoms with Crippen molar-refractivity contribution in [3.8, 4) is 0 Å². The van der Waals surface area contributed by atoms with Crippen molar-refractivity contribution in [1.29, 1.82) is 0 Å². The molecule has 0 aliphatic rings.